The van der Waals surface area contributed by atoms with E-state index in [4.69, 9.17) is 4.74 Å². The van der Waals surface area contributed by atoms with Crippen molar-refractivity contribution in [3.8, 4) is 5.75 Å². The second-order valence-corrected chi connectivity index (χ2v) is 10.2. The summed E-state index contributed by atoms with van der Waals surface area (Å²) in [5.41, 5.74) is 5.42. The van der Waals surface area contributed by atoms with Crippen molar-refractivity contribution in [2.75, 3.05) is 20.2 Å². The van der Waals surface area contributed by atoms with E-state index in [1.807, 2.05) is 0 Å². The van der Waals surface area contributed by atoms with Crippen molar-refractivity contribution < 1.29 is 4.74 Å². The molecule has 0 amide bonds. The lowest BCUT2D eigenvalue weighted by molar-refractivity contribution is -0.0612. The number of aryl methyl sites for hydroxylation is 1. The highest BCUT2D eigenvalue weighted by Gasteiger charge is 2.54. The van der Waals surface area contributed by atoms with Crippen molar-refractivity contribution in [2.24, 2.45) is 5.92 Å². The minimum absolute atomic E-state index is 0.0144. The molecule has 178 valence electrons. The third kappa shape index (κ3) is 4.16. The summed E-state index contributed by atoms with van der Waals surface area (Å²) in [6.07, 6.45) is 3.59. The molecule has 3 aromatic carbocycles. The fourth-order valence-electron chi connectivity index (χ4n) is 6.69. The van der Waals surface area contributed by atoms with Crippen molar-refractivity contribution in [1.29, 1.82) is 0 Å². The summed E-state index contributed by atoms with van der Waals surface area (Å²) in [5.74, 6) is 1.97. The van der Waals surface area contributed by atoms with Gasteiger partial charge in [0.25, 0.3) is 0 Å². The van der Waals surface area contributed by atoms with Crippen LogP contribution in [0.1, 0.15) is 54.9 Å². The van der Waals surface area contributed by atoms with Gasteiger partial charge in [-0.25, -0.2) is 0 Å². The van der Waals surface area contributed by atoms with E-state index in [0.29, 0.717) is 17.9 Å². The van der Waals surface area contributed by atoms with Crippen LogP contribution in [0.25, 0.3) is 0 Å². The van der Waals surface area contributed by atoms with Crippen LogP contribution in [0.15, 0.2) is 78.9 Å². The molecule has 3 heterocycles. The predicted octanol–water partition coefficient (Wildman–Crippen LogP) is 6.03. The Hall–Kier alpha value is -2.62. The molecule has 3 aliphatic heterocycles. The molecule has 3 aliphatic rings. The molecule has 34 heavy (non-hydrogen) atoms. The van der Waals surface area contributed by atoms with Crippen LogP contribution in [0.5, 0.6) is 5.75 Å². The van der Waals surface area contributed by atoms with Crippen LogP contribution in [0, 0.1) is 5.92 Å². The van der Waals surface area contributed by atoms with Gasteiger partial charge in [0, 0.05) is 29.6 Å². The van der Waals surface area contributed by atoms with Crippen molar-refractivity contribution in [3.05, 3.63) is 101 Å². The third-order valence-electron chi connectivity index (χ3n) is 8.44. The predicted molar refractivity (Wildman–Crippen MR) is 140 cm³/mol. The highest BCUT2D eigenvalue weighted by atomic mass is 16.5. The van der Waals surface area contributed by atoms with Gasteiger partial charge >= 0.3 is 0 Å². The summed E-state index contributed by atoms with van der Waals surface area (Å²) in [5, 5.41) is 4.08. The lowest BCUT2D eigenvalue weighted by Crippen LogP contribution is -2.71. The van der Waals surface area contributed by atoms with E-state index >= 15 is 0 Å². The Morgan fingerprint density at radius 2 is 1.56 bits per heavy atom. The molecule has 2 bridgehead atoms. The summed E-state index contributed by atoms with van der Waals surface area (Å²) in [4.78, 5) is 2.77. The second-order valence-electron chi connectivity index (χ2n) is 10.2. The number of benzene rings is 3. The first-order valence-corrected chi connectivity index (χ1v) is 12.9. The number of hydrogen-bond donors (Lipinski definition) is 1. The van der Waals surface area contributed by atoms with Crippen LogP contribution in [0.3, 0.4) is 0 Å². The average molecular weight is 455 g/mol. The van der Waals surface area contributed by atoms with Gasteiger partial charge in [-0.05, 0) is 68.0 Å². The minimum atomic E-state index is -0.0144. The van der Waals surface area contributed by atoms with Crippen LogP contribution in [0.2, 0.25) is 0 Å². The van der Waals surface area contributed by atoms with Crippen LogP contribution in [-0.2, 0) is 13.0 Å². The normalized spacial score (nSPS) is 26.1. The number of ether oxygens (including phenoxy) is 1. The number of fused-ring (bicyclic) bond motifs is 3. The van der Waals surface area contributed by atoms with E-state index in [0.717, 1.165) is 18.7 Å². The van der Waals surface area contributed by atoms with E-state index in [1.165, 1.54) is 48.2 Å². The first-order valence-electron chi connectivity index (χ1n) is 12.9. The standard InChI is InChI=1S/C31H38N2O/c1-4-23-15-16-28(34-3)27(21-23)22-32-30-26-17-19-33(20-18-26)31(30,2)29(24-11-7-5-8-12-24)25-13-9-6-10-14-25/h5-16,21,26,29-30,32H,4,17-20,22H2,1-3H3/t30-,31-/m0/s1. The summed E-state index contributed by atoms with van der Waals surface area (Å²) < 4.78 is 5.73. The summed E-state index contributed by atoms with van der Waals surface area (Å²) in [6.45, 7) is 7.93. The van der Waals surface area contributed by atoms with Gasteiger partial charge in [-0.2, -0.15) is 0 Å². The number of nitrogens with zero attached hydrogens (tertiary/aromatic N) is 1. The maximum absolute atomic E-state index is 5.73. The minimum Gasteiger partial charge on any atom is -0.496 e. The summed E-state index contributed by atoms with van der Waals surface area (Å²) in [7, 11) is 1.78. The van der Waals surface area contributed by atoms with Gasteiger partial charge in [0.15, 0.2) is 0 Å². The molecule has 0 unspecified atom stereocenters. The van der Waals surface area contributed by atoms with Crippen molar-refractivity contribution in [1.82, 2.24) is 10.2 Å². The molecular weight excluding hydrogens is 416 g/mol. The fourth-order valence-corrected chi connectivity index (χ4v) is 6.69. The van der Waals surface area contributed by atoms with Gasteiger partial charge in [-0.1, -0.05) is 79.7 Å². The molecule has 3 heteroatoms. The number of piperidine rings is 3. The largest absolute Gasteiger partial charge is 0.496 e. The van der Waals surface area contributed by atoms with Crippen molar-refractivity contribution in [3.63, 3.8) is 0 Å². The van der Waals surface area contributed by atoms with E-state index in [2.05, 4.69) is 103 Å². The number of rotatable bonds is 8. The molecule has 1 N–H and O–H groups in total. The Bertz CT molecular complexity index is 1040. The number of nitrogens with one attached hydrogen (secondary N) is 1. The van der Waals surface area contributed by atoms with Crippen molar-refractivity contribution >= 4 is 0 Å². The smallest absolute Gasteiger partial charge is 0.123 e. The Balaban J connectivity index is 1.54. The fraction of sp³-hybridized carbons (Fsp3) is 0.419. The molecule has 3 nitrogen and oxygen atoms in total. The maximum atomic E-state index is 5.73. The van der Waals surface area contributed by atoms with Crippen LogP contribution < -0.4 is 10.1 Å². The lowest BCUT2D eigenvalue weighted by atomic mass is 9.62. The zero-order valence-electron chi connectivity index (χ0n) is 20.8. The van der Waals surface area contributed by atoms with Gasteiger partial charge < -0.3 is 10.1 Å². The molecule has 0 radical (unpaired) electrons. The Kier molecular flexibility index (Phi) is 6.76. The van der Waals surface area contributed by atoms with Gasteiger partial charge in [0.05, 0.1) is 7.11 Å². The monoisotopic (exact) mass is 454 g/mol. The molecule has 2 atom stereocenters. The Morgan fingerprint density at radius 1 is 0.941 bits per heavy atom. The number of methoxy groups -OCH3 is 1. The van der Waals surface area contributed by atoms with Gasteiger partial charge in [0.2, 0.25) is 0 Å². The molecule has 0 aromatic heterocycles. The summed E-state index contributed by atoms with van der Waals surface area (Å²) in [6, 6.07) is 29.3. The number of hydrogen-bond acceptors (Lipinski definition) is 3. The molecule has 3 fully saturated rings. The zero-order chi connectivity index (χ0) is 23.5. The van der Waals surface area contributed by atoms with Gasteiger partial charge in [0.1, 0.15) is 5.75 Å². The molecular formula is C31H38N2O. The quantitative estimate of drug-likeness (QED) is 0.450. The molecule has 3 saturated heterocycles. The Labute approximate surface area is 205 Å². The van der Waals surface area contributed by atoms with Crippen LogP contribution >= 0.6 is 0 Å². The SMILES string of the molecule is CCc1ccc(OC)c(CN[C@H]2C3CCN(CC3)[C@@]2(C)C(c2ccccc2)c2ccccc2)c1. The highest BCUT2D eigenvalue weighted by molar-refractivity contribution is 5.40. The summed E-state index contributed by atoms with van der Waals surface area (Å²) >= 11 is 0. The van der Waals surface area contributed by atoms with E-state index in [9.17, 15) is 0 Å². The van der Waals surface area contributed by atoms with Gasteiger partial charge in [-0.15, -0.1) is 0 Å². The average Bonchev–Trinajstić information content (AvgIpc) is 2.90. The first kappa shape index (κ1) is 23.1. The second kappa shape index (κ2) is 9.93. The van der Waals surface area contributed by atoms with Crippen LogP contribution in [-0.4, -0.2) is 36.7 Å². The van der Waals surface area contributed by atoms with Crippen molar-refractivity contribution in [2.45, 2.75) is 57.2 Å². The van der Waals surface area contributed by atoms with Gasteiger partial charge in [-0.3, -0.25) is 4.90 Å². The molecule has 0 aliphatic carbocycles. The molecule has 0 spiro atoms. The van der Waals surface area contributed by atoms with E-state index in [1.54, 1.807) is 7.11 Å². The van der Waals surface area contributed by atoms with Crippen LogP contribution in [0.4, 0.5) is 0 Å². The molecule has 0 saturated carbocycles. The van der Waals surface area contributed by atoms with E-state index in [-0.39, 0.29) is 5.54 Å². The molecule has 6 rings (SSSR count). The Morgan fingerprint density at radius 3 is 2.12 bits per heavy atom. The third-order valence-corrected chi connectivity index (χ3v) is 8.44. The van der Waals surface area contributed by atoms with E-state index < -0.39 is 0 Å². The highest BCUT2D eigenvalue weighted by Crippen LogP contribution is 2.49. The first-order chi connectivity index (χ1) is 16.6. The zero-order valence-corrected chi connectivity index (χ0v) is 20.8. The lowest BCUT2D eigenvalue weighted by Gasteiger charge is -2.61. The maximum Gasteiger partial charge on any atom is 0.123 e. The topological polar surface area (TPSA) is 24.5 Å². The molecule has 3 aromatic rings.